The second kappa shape index (κ2) is 8.16. The third-order valence-electron chi connectivity index (χ3n) is 4.92. The number of nitrogens with zero attached hydrogens (tertiary/aromatic N) is 3. The maximum absolute atomic E-state index is 12.6. The van der Waals surface area contributed by atoms with Crippen LogP contribution in [0.15, 0.2) is 18.3 Å². The molecule has 3 heterocycles. The van der Waals surface area contributed by atoms with Crippen LogP contribution in [0.1, 0.15) is 37.7 Å². The van der Waals surface area contributed by atoms with Gasteiger partial charge in [-0.2, -0.15) is 0 Å². The van der Waals surface area contributed by atoms with Crippen molar-refractivity contribution in [3.8, 4) is 12.3 Å². The summed E-state index contributed by atoms with van der Waals surface area (Å²) >= 11 is 0. The summed E-state index contributed by atoms with van der Waals surface area (Å²) in [6, 6.07) is 3.97. The maximum atomic E-state index is 12.6. The van der Waals surface area contributed by atoms with Crippen LogP contribution in [-0.4, -0.2) is 48.0 Å². The van der Waals surface area contributed by atoms with Gasteiger partial charge in [-0.25, -0.2) is 4.98 Å². The Kier molecular flexibility index (Phi) is 5.71. The first-order valence-corrected chi connectivity index (χ1v) is 8.93. The van der Waals surface area contributed by atoms with Crippen LogP contribution >= 0.6 is 0 Å². The Bertz CT molecular complexity index is 604. The minimum absolute atomic E-state index is 0.0875. The molecule has 1 aromatic heterocycles. The molecule has 2 aliphatic rings. The molecule has 128 valence electrons. The number of pyridine rings is 1. The Morgan fingerprint density at radius 1 is 1.29 bits per heavy atom. The minimum atomic E-state index is -0.0883. The van der Waals surface area contributed by atoms with Gasteiger partial charge in [0.1, 0.15) is 5.82 Å². The highest BCUT2D eigenvalue weighted by atomic mass is 16.2. The molecule has 0 aliphatic carbocycles. The number of carbonyl (C=O) groups is 1. The number of amides is 1. The van der Waals surface area contributed by atoms with E-state index in [9.17, 15) is 4.79 Å². The molecule has 0 spiro atoms. The van der Waals surface area contributed by atoms with E-state index in [-0.39, 0.29) is 11.9 Å². The molecule has 1 amide bonds. The van der Waals surface area contributed by atoms with E-state index in [1.807, 2.05) is 12.3 Å². The molecule has 5 nitrogen and oxygen atoms in total. The van der Waals surface area contributed by atoms with Crippen molar-refractivity contribution in [2.45, 2.75) is 44.7 Å². The lowest BCUT2D eigenvalue weighted by atomic mass is 10.0. The predicted molar refractivity (Wildman–Crippen MR) is 95.6 cm³/mol. The van der Waals surface area contributed by atoms with Gasteiger partial charge in [-0.1, -0.05) is 12.3 Å². The van der Waals surface area contributed by atoms with Gasteiger partial charge < -0.3 is 10.2 Å². The van der Waals surface area contributed by atoms with Crippen LogP contribution in [0.2, 0.25) is 0 Å². The van der Waals surface area contributed by atoms with Crippen LogP contribution in [0.3, 0.4) is 0 Å². The smallest absolute Gasteiger partial charge is 0.237 e. The fourth-order valence-corrected chi connectivity index (χ4v) is 3.59. The van der Waals surface area contributed by atoms with Gasteiger partial charge in [-0.05, 0) is 49.9 Å². The zero-order valence-electron chi connectivity index (χ0n) is 14.2. The van der Waals surface area contributed by atoms with E-state index in [4.69, 9.17) is 6.42 Å². The maximum Gasteiger partial charge on any atom is 0.237 e. The summed E-state index contributed by atoms with van der Waals surface area (Å²) in [5, 5.41) is 3.08. The van der Waals surface area contributed by atoms with Crippen LogP contribution in [0, 0.1) is 12.3 Å². The normalized spacial score (nSPS) is 21.5. The average Bonchev–Trinajstić information content (AvgIpc) is 3.15. The molecule has 0 unspecified atom stereocenters. The second-order valence-corrected chi connectivity index (χ2v) is 6.62. The summed E-state index contributed by atoms with van der Waals surface area (Å²) in [6.07, 6.45) is 12.8. The molecule has 2 fully saturated rings. The number of nitrogens with one attached hydrogen (secondary N) is 1. The molecular formula is C19H26N4O. The molecule has 2 aliphatic heterocycles. The summed E-state index contributed by atoms with van der Waals surface area (Å²) in [5.74, 6) is 3.77. The molecular weight excluding hydrogens is 300 g/mol. The van der Waals surface area contributed by atoms with Crippen LogP contribution in [-0.2, 0) is 11.3 Å². The van der Waals surface area contributed by atoms with E-state index < -0.39 is 0 Å². The molecule has 5 heteroatoms. The summed E-state index contributed by atoms with van der Waals surface area (Å²) < 4.78 is 0. The SMILES string of the molecule is C#CCN1CCCC[C@@H]1C(=O)NCc1ccnc(N2CCCC2)c1. The van der Waals surface area contributed by atoms with Crippen molar-refractivity contribution in [1.82, 2.24) is 15.2 Å². The monoisotopic (exact) mass is 326 g/mol. The number of rotatable bonds is 5. The first kappa shape index (κ1) is 16.8. The quantitative estimate of drug-likeness (QED) is 0.838. The van der Waals surface area contributed by atoms with E-state index in [0.29, 0.717) is 13.1 Å². The molecule has 0 radical (unpaired) electrons. The van der Waals surface area contributed by atoms with Crippen LogP contribution in [0.5, 0.6) is 0 Å². The van der Waals surface area contributed by atoms with E-state index in [1.165, 1.54) is 12.8 Å². The Balaban J connectivity index is 1.57. The third kappa shape index (κ3) is 4.07. The lowest BCUT2D eigenvalue weighted by molar-refractivity contribution is -0.127. The molecule has 24 heavy (non-hydrogen) atoms. The highest BCUT2D eigenvalue weighted by Gasteiger charge is 2.27. The van der Waals surface area contributed by atoms with Crippen molar-refractivity contribution >= 4 is 11.7 Å². The lowest BCUT2D eigenvalue weighted by Gasteiger charge is -2.33. The van der Waals surface area contributed by atoms with E-state index in [0.717, 1.165) is 50.3 Å². The van der Waals surface area contributed by atoms with Crippen molar-refractivity contribution < 1.29 is 4.79 Å². The van der Waals surface area contributed by atoms with Crippen molar-refractivity contribution in [2.75, 3.05) is 31.1 Å². The van der Waals surface area contributed by atoms with Gasteiger partial charge in [0, 0.05) is 25.8 Å². The fraction of sp³-hybridized carbons (Fsp3) is 0.579. The van der Waals surface area contributed by atoms with Crippen LogP contribution in [0.4, 0.5) is 5.82 Å². The Labute approximate surface area is 144 Å². The summed E-state index contributed by atoms with van der Waals surface area (Å²) in [7, 11) is 0. The summed E-state index contributed by atoms with van der Waals surface area (Å²) in [6.45, 7) is 4.16. The van der Waals surface area contributed by atoms with Crippen LogP contribution in [0.25, 0.3) is 0 Å². The van der Waals surface area contributed by atoms with E-state index in [1.54, 1.807) is 0 Å². The van der Waals surface area contributed by atoms with Crippen LogP contribution < -0.4 is 10.2 Å². The zero-order valence-corrected chi connectivity index (χ0v) is 14.2. The standard InChI is InChI=1S/C19H26N4O/c1-2-10-22-11-4-3-7-17(22)19(24)21-15-16-8-9-20-18(14-16)23-12-5-6-13-23/h1,8-9,14,17H,3-7,10-13,15H2,(H,21,24)/t17-/m1/s1. The predicted octanol–water partition coefficient (Wildman–Crippen LogP) is 1.79. The first-order valence-electron chi connectivity index (χ1n) is 8.93. The number of hydrogen-bond donors (Lipinski definition) is 1. The molecule has 0 saturated carbocycles. The average molecular weight is 326 g/mol. The highest BCUT2D eigenvalue weighted by Crippen LogP contribution is 2.19. The number of terminal acetylenes is 1. The zero-order chi connectivity index (χ0) is 16.8. The van der Waals surface area contributed by atoms with Gasteiger partial charge in [0.05, 0.1) is 12.6 Å². The van der Waals surface area contributed by atoms with Gasteiger partial charge in [-0.15, -0.1) is 6.42 Å². The van der Waals surface area contributed by atoms with Crippen molar-refractivity contribution in [3.63, 3.8) is 0 Å². The molecule has 0 aromatic carbocycles. The van der Waals surface area contributed by atoms with E-state index >= 15 is 0 Å². The molecule has 0 bridgehead atoms. The molecule has 2 saturated heterocycles. The van der Waals surface area contributed by atoms with Crippen molar-refractivity contribution in [3.05, 3.63) is 23.9 Å². The largest absolute Gasteiger partial charge is 0.357 e. The molecule has 1 atom stereocenters. The number of aromatic nitrogens is 1. The van der Waals surface area contributed by atoms with Crippen molar-refractivity contribution in [1.29, 1.82) is 0 Å². The number of piperidine rings is 1. The number of carbonyl (C=O) groups excluding carboxylic acids is 1. The van der Waals surface area contributed by atoms with Gasteiger partial charge in [0.15, 0.2) is 0 Å². The first-order chi connectivity index (χ1) is 11.8. The molecule has 3 rings (SSSR count). The Morgan fingerprint density at radius 3 is 2.88 bits per heavy atom. The lowest BCUT2D eigenvalue weighted by Crippen LogP contribution is -2.49. The molecule has 1 aromatic rings. The third-order valence-corrected chi connectivity index (χ3v) is 4.92. The summed E-state index contributed by atoms with van der Waals surface area (Å²) in [5.41, 5.74) is 1.10. The van der Waals surface area contributed by atoms with Crippen molar-refractivity contribution in [2.24, 2.45) is 0 Å². The van der Waals surface area contributed by atoms with Gasteiger partial charge in [0.2, 0.25) is 5.91 Å². The molecule has 1 N–H and O–H groups in total. The summed E-state index contributed by atoms with van der Waals surface area (Å²) in [4.78, 5) is 21.4. The van der Waals surface area contributed by atoms with Gasteiger partial charge in [-0.3, -0.25) is 9.69 Å². The van der Waals surface area contributed by atoms with Gasteiger partial charge in [0.25, 0.3) is 0 Å². The number of hydrogen-bond acceptors (Lipinski definition) is 4. The van der Waals surface area contributed by atoms with E-state index in [2.05, 4.69) is 32.1 Å². The number of likely N-dealkylation sites (tertiary alicyclic amines) is 1. The second-order valence-electron chi connectivity index (χ2n) is 6.62. The topological polar surface area (TPSA) is 48.5 Å². The Hall–Kier alpha value is -2.06. The Morgan fingerprint density at radius 2 is 2.08 bits per heavy atom. The highest BCUT2D eigenvalue weighted by molar-refractivity contribution is 5.81. The number of anilines is 1. The van der Waals surface area contributed by atoms with Gasteiger partial charge >= 0.3 is 0 Å². The minimum Gasteiger partial charge on any atom is -0.357 e. The fourth-order valence-electron chi connectivity index (χ4n) is 3.59.